The molecule has 0 saturated heterocycles. The molecular weight excluding hydrogens is 498 g/mol. The minimum Gasteiger partial charge on any atom is -0.493 e. The molecular formula is C30H55N3O6. The van der Waals surface area contributed by atoms with E-state index in [1.54, 1.807) is 28.1 Å². The molecule has 1 rings (SSSR count). The molecule has 0 aromatic heterocycles. The number of ether oxygens (including phenoxy) is 3. The molecule has 0 spiro atoms. The van der Waals surface area contributed by atoms with Gasteiger partial charge >= 0.3 is 0 Å². The van der Waals surface area contributed by atoms with Gasteiger partial charge in [0.2, 0.25) is 11.8 Å². The number of nitrogens with one attached hydrogen (secondary N) is 1. The SMILES string of the molecule is COCCCOc1cc(C[C@@H](C[C@H](N)[C@@H](O)C[C@H](C(=O)NCC(C)(C)C(N)=O)C(C)C)C(C)C)ccc1OC.[HH]. The normalized spacial score (nSPS) is 15.1. The number of methoxy groups -OCH3 is 2. The van der Waals surface area contributed by atoms with Crippen LogP contribution >= 0.6 is 0 Å². The van der Waals surface area contributed by atoms with Crippen molar-refractivity contribution in [3.05, 3.63) is 23.8 Å². The molecule has 0 fully saturated rings. The summed E-state index contributed by atoms with van der Waals surface area (Å²) in [6.45, 7) is 12.9. The minimum atomic E-state index is -0.854. The van der Waals surface area contributed by atoms with Gasteiger partial charge in [-0.25, -0.2) is 0 Å². The summed E-state index contributed by atoms with van der Waals surface area (Å²) < 4.78 is 16.5. The molecule has 0 bridgehead atoms. The number of benzene rings is 1. The lowest BCUT2D eigenvalue weighted by molar-refractivity contribution is -0.130. The summed E-state index contributed by atoms with van der Waals surface area (Å²) in [5.74, 6) is 0.792. The molecule has 0 aliphatic heterocycles. The number of aliphatic hydroxyl groups excluding tert-OH is 1. The molecule has 39 heavy (non-hydrogen) atoms. The van der Waals surface area contributed by atoms with Crippen molar-refractivity contribution in [2.45, 2.75) is 79.4 Å². The molecule has 0 saturated carbocycles. The first-order chi connectivity index (χ1) is 18.2. The minimum absolute atomic E-state index is 0. The molecule has 0 unspecified atom stereocenters. The zero-order valence-corrected chi connectivity index (χ0v) is 25.3. The number of aliphatic hydroxyl groups is 1. The second kappa shape index (κ2) is 16.7. The van der Waals surface area contributed by atoms with E-state index >= 15 is 0 Å². The second-order valence-electron chi connectivity index (χ2n) is 11.9. The summed E-state index contributed by atoms with van der Waals surface area (Å²) in [5.41, 5.74) is 12.2. The Morgan fingerprint density at radius 1 is 1.05 bits per heavy atom. The van der Waals surface area contributed by atoms with Crippen LogP contribution in [-0.4, -0.2) is 63.0 Å². The zero-order chi connectivity index (χ0) is 29.8. The fourth-order valence-corrected chi connectivity index (χ4v) is 4.39. The maximum atomic E-state index is 12.9. The van der Waals surface area contributed by atoms with Crippen molar-refractivity contribution in [2.75, 3.05) is 34.0 Å². The zero-order valence-electron chi connectivity index (χ0n) is 25.3. The van der Waals surface area contributed by atoms with E-state index in [1.807, 2.05) is 32.0 Å². The summed E-state index contributed by atoms with van der Waals surface area (Å²) >= 11 is 0. The summed E-state index contributed by atoms with van der Waals surface area (Å²) in [4.78, 5) is 24.5. The van der Waals surface area contributed by atoms with Crippen LogP contribution in [0.1, 0.15) is 67.8 Å². The van der Waals surface area contributed by atoms with Gasteiger partial charge in [-0.05, 0) is 68.6 Å². The predicted molar refractivity (Wildman–Crippen MR) is 157 cm³/mol. The first kappa shape index (κ1) is 34.7. The van der Waals surface area contributed by atoms with E-state index < -0.39 is 29.4 Å². The number of carbonyl (C=O) groups excluding carboxylic acids is 2. The van der Waals surface area contributed by atoms with Crippen molar-refractivity contribution in [1.29, 1.82) is 0 Å². The topological polar surface area (TPSA) is 146 Å². The summed E-state index contributed by atoms with van der Waals surface area (Å²) in [6, 6.07) is 5.47. The number of rotatable bonds is 19. The van der Waals surface area contributed by atoms with Crippen LogP contribution in [-0.2, 0) is 20.7 Å². The molecule has 226 valence electrons. The van der Waals surface area contributed by atoms with Crippen molar-refractivity contribution in [1.82, 2.24) is 5.32 Å². The molecule has 2 amide bonds. The van der Waals surface area contributed by atoms with Crippen molar-refractivity contribution in [2.24, 2.45) is 40.6 Å². The molecule has 0 aliphatic rings. The summed E-state index contributed by atoms with van der Waals surface area (Å²) in [7, 11) is 3.29. The number of primary amides is 1. The van der Waals surface area contributed by atoms with Crippen LogP contribution in [0, 0.1) is 29.1 Å². The highest BCUT2D eigenvalue weighted by atomic mass is 16.5. The quantitative estimate of drug-likeness (QED) is 0.192. The first-order valence-electron chi connectivity index (χ1n) is 14.0. The van der Waals surface area contributed by atoms with Crippen molar-refractivity contribution < 1.29 is 30.3 Å². The van der Waals surface area contributed by atoms with E-state index in [0.717, 1.165) is 18.4 Å². The average Bonchev–Trinajstić information content (AvgIpc) is 2.87. The highest BCUT2D eigenvalue weighted by molar-refractivity contribution is 5.83. The van der Waals surface area contributed by atoms with Gasteiger partial charge in [-0.2, -0.15) is 0 Å². The van der Waals surface area contributed by atoms with Gasteiger partial charge in [0.05, 0.1) is 25.2 Å². The number of nitrogens with two attached hydrogens (primary N) is 2. The fourth-order valence-electron chi connectivity index (χ4n) is 4.39. The average molecular weight is 554 g/mol. The standard InChI is InChI=1S/C30H53N3O6.H2/c1-19(2)22(14-21-10-11-26(38-8)27(15-21)39-13-9-12-37-7)16-24(31)25(34)17-23(20(3)4)28(35)33-18-30(5,6)29(32)36;/h10-11,15,19-20,22-25,34H,9,12-14,16-18,31H2,1-8H3,(H2,32,36)(H,33,35);1H/t22-,23-,24-,25-;/m0./s1. The third kappa shape index (κ3) is 11.7. The van der Waals surface area contributed by atoms with Gasteiger partial charge in [0.1, 0.15) is 0 Å². The predicted octanol–water partition coefficient (Wildman–Crippen LogP) is 3.54. The maximum absolute atomic E-state index is 12.9. The number of carbonyl (C=O) groups is 2. The lowest BCUT2D eigenvalue weighted by Crippen LogP contribution is -2.46. The molecule has 9 heteroatoms. The van der Waals surface area contributed by atoms with Crippen LogP contribution in [0.5, 0.6) is 11.5 Å². The van der Waals surface area contributed by atoms with Crippen LogP contribution in [0.3, 0.4) is 0 Å². The van der Waals surface area contributed by atoms with Gasteiger partial charge in [0.15, 0.2) is 11.5 Å². The first-order valence-corrected chi connectivity index (χ1v) is 14.0. The highest BCUT2D eigenvalue weighted by Gasteiger charge is 2.32. The third-order valence-corrected chi connectivity index (χ3v) is 7.50. The van der Waals surface area contributed by atoms with Crippen LogP contribution in [0.4, 0.5) is 0 Å². The number of hydrogen-bond donors (Lipinski definition) is 4. The van der Waals surface area contributed by atoms with Crippen LogP contribution in [0.25, 0.3) is 0 Å². The molecule has 0 heterocycles. The van der Waals surface area contributed by atoms with E-state index in [0.29, 0.717) is 37.1 Å². The fraction of sp³-hybridized carbons (Fsp3) is 0.733. The van der Waals surface area contributed by atoms with Gasteiger partial charge < -0.3 is 36.1 Å². The molecule has 0 radical (unpaired) electrons. The largest absolute Gasteiger partial charge is 0.493 e. The van der Waals surface area contributed by atoms with Crippen molar-refractivity contribution >= 4 is 11.8 Å². The van der Waals surface area contributed by atoms with E-state index in [1.165, 1.54) is 0 Å². The smallest absolute Gasteiger partial charge is 0.224 e. The lowest BCUT2D eigenvalue weighted by atomic mass is 9.80. The molecule has 0 aliphatic carbocycles. The maximum Gasteiger partial charge on any atom is 0.224 e. The summed E-state index contributed by atoms with van der Waals surface area (Å²) in [5, 5.41) is 13.9. The van der Waals surface area contributed by atoms with E-state index in [-0.39, 0.29) is 32.1 Å². The van der Waals surface area contributed by atoms with Gasteiger partial charge in [0.25, 0.3) is 0 Å². The molecule has 4 atom stereocenters. The van der Waals surface area contributed by atoms with E-state index in [2.05, 4.69) is 19.2 Å². The van der Waals surface area contributed by atoms with Gasteiger partial charge in [-0.1, -0.05) is 33.8 Å². The molecule has 9 nitrogen and oxygen atoms in total. The van der Waals surface area contributed by atoms with Crippen molar-refractivity contribution in [3.63, 3.8) is 0 Å². The lowest BCUT2D eigenvalue weighted by Gasteiger charge is -2.30. The Bertz CT molecular complexity index is 896. The summed E-state index contributed by atoms with van der Waals surface area (Å²) in [6.07, 6.45) is 1.56. The van der Waals surface area contributed by atoms with Crippen LogP contribution in [0.2, 0.25) is 0 Å². The second-order valence-corrected chi connectivity index (χ2v) is 11.9. The van der Waals surface area contributed by atoms with E-state index in [9.17, 15) is 14.7 Å². The molecule has 1 aromatic rings. The monoisotopic (exact) mass is 553 g/mol. The molecule has 6 N–H and O–H groups in total. The van der Waals surface area contributed by atoms with Gasteiger partial charge in [-0.15, -0.1) is 0 Å². The number of hydrogen-bond acceptors (Lipinski definition) is 7. The Labute approximate surface area is 236 Å². The Morgan fingerprint density at radius 2 is 1.72 bits per heavy atom. The van der Waals surface area contributed by atoms with E-state index in [4.69, 9.17) is 25.7 Å². The Kier molecular flexibility index (Phi) is 14.8. The van der Waals surface area contributed by atoms with Crippen molar-refractivity contribution in [3.8, 4) is 11.5 Å². The Morgan fingerprint density at radius 3 is 2.26 bits per heavy atom. The van der Waals surface area contributed by atoms with Gasteiger partial charge in [0, 0.05) is 40.1 Å². The third-order valence-electron chi connectivity index (χ3n) is 7.50. The highest BCUT2D eigenvalue weighted by Crippen LogP contribution is 2.32. The van der Waals surface area contributed by atoms with Crippen LogP contribution < -0.4 is 26.3 Å². The van der Waals surface area contributed by atoms with Gasteiger partial charge in [-0.3, -0.25) is 9.59 Å². The number of amides is 2. The van der Waals surface area contributed by atoms with Crippen LogP contribution in [0.15, 0.2) is 18.2 Å². The Balaban J connectivity index is 0.0000152. The Hall–Kier alpha value is -2.36. The molecule has 1 aromatic carbocycles.